The Labute approximate surface area is 236 Å². The lowest BCUT2D eigenvalue weighted by Crippen LogP contribution is -2.52. The SMILES string of the molecule is CC(C)CN(C(=O)NC(CCN(CCCCc1ccc2c(n1)NCCC2)CCOC(C)(C)C)C(=O)O)C(C)C. The van der Waals surface area contributed by atoms with Crippen LogP contribution in [0.4, 0.5) is 10.6 Å². The summed E-state index contributed by atoms with van der Waals surface area (Å²) in [4.78, 5) is 33.7. The number of pyridine rings is 1. The Morgan fingerprint density at radius 2 is 1.87 bits per heavy atom. The van der Waals surface area contributed by atoms with E-state index in [1.807, 2.05) is 48.5 Å². The molecule has 0 fully saturated rings. The summed E-state index contributed by atoms with van der Waals surface area (Å²) in [6, 6.07) is 3.07. The van der Waals surface area contributed by atoms with Crippen molar-refractivity contribution in [1.82, 2.24) is 20.1 Å². The number of fused-ring (bicyclic) bond motifs is 1. The summed E-state index contributed by atoms with van der Waals surface area (Å²) >= 11 is 0. The Hall–Kier alpha value is -2.39. The van der Waals surface area contributed by atoms with Crippen molar-refractivity contribution in [2.45, 2.75) is 105 Å². The van der Waals surface area contributed by atoms with Crippen molar-refractivity contribution >= 4 is 17.8 Å². The highest BCUT2D eigenvalue weighted by Crippen LogP contribution is 2.20. The molecule has 9 nitrogen and oxygen atoms in total. The molecule has 39 heavy (non-hydrogen) atoms. The van der Waals surface area contributed by atoms with E-state index in [0.29, 0.717) is 38.6 Å². The normalized spacial score (nSPS) is 14.3. The Kier molecular flexibility index (Phi) is 13.5. The van der Waals surface area contributed by atoms with Crippen molar-refractivity contribution in [2.24, 2.45) is 5.92 Å². The van der Waals surface area contributed by atoms with E-state index >= 15 is 0 Å². The summed E-state index contributed by atoms with van der Waals surface area (Å²) < 4.78 is 5.95. The van der Waals surface area contributed by atoms with Crippen LogP contribution in [0.15, 0.2) is 12.1 Å². The van der Waals surface area contributed by atoms with Gasteiger partial charge in [0.2, 0.25) is 0 Å². The number of carbonyl (C=O) groups is 2. The van der Waals surface area contributed by atoms with Gasteiger partial charge in [-0.05, 0) is 97.2 Å². The van der Waals surface area contributed by atoms with Gasteiger partial charge in [0.1, 0.15) is 11.9 Å². The summed E-state index contributed by atoms with van der Waals surface area (Å²) in [6.07, 6.45) is 5.47. The molecule has 1 aliphatic rings. The van der Waals surface area contributed by atoms with Crippen LogP contribution in [0, 0.1) is 5.92 Å². The monoisotopic (exact) mass is 547 g/mol. The quantitative estimate of drug-likeness (QED) is 0.255. The molecule has 1 atom stereocenters. The molecule has 0 bridgehead atoms. The summed E-state index contributed by atoms with van der Waals surface area (Å²) in [5.74, 6) is 0.327. The zero-order chi connectivity index (χ0) is 29.0. The molecular formula is C30H53N5O4. The number of nitrogens with one attached hydrogen (secondary N) is 2. The van der Waals surface area contributed by atoms with E-state index in [0.717, 1.165) is 56.7 Å². The van der Waals surface area contributed by atoms with Gasteiger partial charge in [-0.3, -0.25) is 0 Å². The molecule has 2 rings (SSSR count). The summed E-state index contributed by atoms with van der Waals surface area (Å²) in [6.45, 7) is 18.4. The smallest absolute Gasteiger partial charge is 0.326 e. The Balaban J connectivity index is 1.92. The fourth-order valence-corrected chi connectivity index (χ4v) is 4.69. The molecule has 0 saturated heterocycles. The van der Waals surface area contributed by atoms with Crippen molar-refractivity contribution in [2.75, 3.05) is 44.6 Å². The zero-order valence-electron chi connectivity index (χ0n) is 25.4. The lowest BCUT2D eigenvalue weighted by Gasteiger charge is -2.31. The number of aromatic nitrogens is 1. The number of carboxylic acid groups (broad SMARTS) is 1. The fraction of sp³-hybridized carbons (Fsp3) is 0.767. The van der Waals surface area contributed by atoms with Crippen LogP contribution in [0.2, 0.25) is 0 Å². The van der Waals surface area contributed by atoms with E-state index in [1.54, 1.807) is 4.90 Å². The second kappa shape index (κ2) is 16.0. The summed E-state index contributed by atoms with van der Waals surface area (Å²) in [5, 5.41) is 16.0. The number of unbranched alkanes of at least 4 members (excludes halogenated alkanes) is 1. The first-order chi connectivity index (χ1) is 18.4. The fourth-order valence-electron chi connectivity index (χ4n) is 4.69. The lowest BCUT2D eigenvalue weighted by molar-refractivity contribution is -0.139. The highest BCUT2D eigenvalue weighted by molar-refractivity contribution is 5.82. The second-order valence-corrected chi connectivity index (χ2v) is 12.4. The number of amides is 2. The first-order valence-corrected chi connectivity index (χ1v) is 14.7. The van der Waals surface area contributed by atoms with Crippen molar-refractivity contribution in [3.63, 3.8) is 0 Å². The van der Waals surface area contributed by atoms with Crippen LogP contribution >= 0.6 is 0 Å². The van der Waals surface area contributed by atoms with Gasteiger partial charge < -0.3 is 30.3 Å². The third-order valence-electron chi connectivity index (χ3n) is 6.83. The molecule has 2 amide bonds. The van der Waals surface area contributed by atoms with Gasteiger partial charge >= 0.3 is 12.0 Å². The molecule has 2 heterocycles. The van der Waals surface area contributed by atoms with Gasteiger partial charge in [0.05, 0.1) is 12.2 Å². The van der Waals surface area contributed by atoms with Crippen LogP contribution in [0.1, 0.15) is 85.4 Å². The van der Waals surface area contributed by atoms with Crippen molar-refractivity contribution < 1.29 is 19.4 Å². The van der Waals surface area contributed by atoms with Crippen molar-refractivity contribution in [3.05, 3.63) is 23.4 Å². The predicted octanol–water partition coefficient (Wildman–Crippen LogP) is 4.80. The van der Waals surface area contributed by atoms with Crippen LogP contribution in [0.25, 0.3) is 0 Å². The highest BCUT2D eigenvalue weighted by atomic mass is 16.5. The number of anilines is 1. The van der Waals surface area contributed by atoms with E-state index in [2.05, 4.69) is 27.7 Å². The van der Waals surface area contributed by atoms with Crippen molar-refractivity contribution in [3.8, 4) is 0 Å². The minimum atomic E-state index is -1.01. The molecule has 1 aromatic rings. The standard InChI is InChI=1S/C30H53N5O4/c1-22(2)21-35(23(3)4)29(38)33-26(28(36)37)15-18-34(19-20-39-30(5,6)7)17-9-8-12-25-14-13-24-11-10-16-31-27(24)32-25/h13-14,22-23,26H,8-12,15-21H2,1-7H3,(H,31,32)(H,33,38)(H,36,37). The number of aryl methyl sites for hydroxylation is 2. The number of hydrogen-bond acceptors (Lipinski definition) is 6. The number of urea groups is 1. The molecule has 1 aliphatic heterocycles. The zero-order valence-corrected chi connectivity index (χ0v) is 25.4. The molecule has 0 radical (unpaired) electrons. The lowest BCUT2D eigenvalue weighted by atomic mass is 10.1. The second-order valence-electron chi connectivity index (χ2n) is 12.4. The van der Waals surface area contributed by atoms with Crippen LogP contribution in [-0.4, -0.2) is 88.9 Å². The van der Waals surface area contributed by atoms with Gasteiger partial charge in [-0.2, -0.15) is 0 Å². The van der Waals surface area contributed by atoms with E-state index in [-0.39, 0.29) is 17.7 Å². The number of aliphatic carboxylic acids is 1. The molecule has 1 aromatic heterocycles. The van der Waals surface area contributed by atoms with Crippen LogP contribution in [0.5, 0.6) is 0 Å². The number of hydrogen-bond donors (Lipinski definition) is 3. The minimum Gasteiger partial charge on any atom is -0.480 e. The van der Waals surface area contributed by atoms with Gasteiger partial charge in [-0.25, -0.2) is 14.6 Å². The first-order valence-electron chi connectivity index (χ1n) is 14.7. The molecule has 1 unspecified atom stereocenters. The number of carbonyl (C=O) groups excluding carboxylic acids is 1. The third-order valence-corrected chi connectivity index (χ3v) is 6.83. The molecule has 222 valence electrons. The molecule has 0 aliphatic carbocycles. The van der Waals surface area contributed by atoms with E-state index in [1.165, 1.54) is 5.56 Å². The molecular weight excluding hydrogens is 494 g/mol. The largest absolute Gasteiger partial charge is 0.480 e. The van der Waals surface area contributed by atoms with Gasteiger partial charge in [0, 0.05) is 37.9 Å². The first kappa shape index (κ1) is 32.8. The maximum absolute atomic E-state index is 12.9. The third kappa shape index (κ3) is 12.6. The van der Waals surface area contributed by atoms with E-state index in [4.69, 9.17) is 9.72 Å². The van der Waals surface area contributed by atoms with Gasteiger partial charge in [-0.15, -0.1) is 0 Å². The van der Waals surface area contributed by atoms with E-state index in [9.17, 15) is 14.7 Å². The molecule has 0 aromatic carbocycles. The van der Waals surface area contributed by atoms with Crippen LogP contribution < -0.4 is 10.6 Å². The molecule has 9 heteroatoms. The van der Waals surface area contributed by atoms with E-state index < -0.39 is 12.0 Å². The Bertz CT molecular complexity index is 900. The number of carboxylic acids is 1. The topological polar surface area (TPSA) is 107 Å². The highest BCUT2D eigenvalue weighted by Gasteiger charge is 2.26. The molecule has 0 saturated carbocycles. The molecule has 0 spiro atoms. The predicted molar refractivity (Wildman–Crippen MR) is 157 cm³/mol. The van der Waals surface area contributed by atoms with Gasteiger partial charge in [0.15, 0.2) is 0 Å². The van der Waals surface area contributed by atoms with Crippen LogP contribution in [0.3, 0.4) is 0 Å². The van der Waals surface area contributed by atoms with Gasteiger partial charge in [-0.1, -0.05) is 19.9 Å². The van der Waals surface area contributed by atoms with Crippen LogP contribution in [-0.2, 0) is 22.4 Å². The Morgan fingerprint density at radius 3 is 2.51 bits per heavy atom. The van der Waals surface area contributed by atoms with Crippen molar-refractivity contribution in [1.29, 1.82) is 0 Å². The summed E-state index contributed by atoms with van der Waals surface area (Å²) in [5.41, 5.74) is 2.18. The van der Waals surface area contributed by atoms with Gasteiger partial charge in [0.25, 0.3) is 0 Å². The number of ether oxygens (including phenoxy) is 1. The average molecular weight is 548 g/mol. The summed E-state index contributed by atoms with van der Waals surface area (Å²) in [7, 11) is 0. The Morgan fingerprint density at radius 1 is 1.13 bits per heavy atom. The molecule has 3 N–H and O–H groups in total. The minimum absolute atomic E-state index is 0.00622. The number of rotatable bonds is 16. The maximum Gasteiger partial charge on any atom is 0.326 e. The maximum atomic E-state index is 12.9. The number of nitrogens with zero attached hydrogens (tertiary/aromatic N) is 3. The average Bonchev–Trinajstić information content (AvgIpc) is 2.85.